The maximum absolute atomic E-state index is 12.4. The van der Waals surface area contributed by atoms with Gasteiger partial charge in [-0.3, -0.25) is 14.0 Å². The number of carbonyl (C=O) groups is 1. The quantitative estimate of drug-likeness (QED) is 0.611. The minimum atomic E-state index is -3.71. The number of hydrazone groups is 1. The summed E-state index contributed by atoms with van der Waals surface area (Å²) in [5, 5.41) is 4.71. The van der Waals surface area contributed by atoms with Crippen LogP contribution in [0, 0.1) is 0 Å². The van der Waals surface area contributed by atoms with Crippen molar-refractivity contribution in [1.29, 1.82) is 0 Å². The molecule has 0 saturated carbocycles. The summed E-state index contributed by atoms with van der Waals surface area (Å²) in [5.41, 5.74) is 4.89. The number of amides is 1. The van der Waals surface area contributed by atoms with Crippen molar-refractivity contribution in [1.82, 2.24) is 10.3 Å². The van der Waals surface area contributed by atoms with Gasteiger partial charge in [0, 0.05) is 38.2 Å². The Morgan fingerprint density at radius 3 is 2.39 bits per heavy atom. The second kappa shape index (κ2) is 10.5. The lowest BCUT2D eigenvalue weighted by Gasteiger charge is -2.27. The molecular formula is C21H24Cl2N4O3S. The van der Waals surface area contributed by atoms with Crippen LogP contribution in [0.15, 0.2) is 53.6 Å². The lowest BCUT2D eigenvalue weighted by atomic mass is 10.1. The molecule has 3 rings (SSSR count). The Kier molecular flexibility index (Phi) is 7.94. The SMILES string of the molecule is CS(=O)(=O)N(CC(=O)NN=C1CCN(Cc2ccccc2)CC1)c1ccc(Cl)c(Cl)c1. The number of benzene rings is 2. The number of hydrogen-bond acceptors (Lipinski definition) is 5. The standard InChI is InChI=1S/C21H24Cl2N4O3S/c1-31(29,30)27(18-7-8-19(22)20(23)13-18)15-21(28)25-24-17-9-11-26(12-10-17)14-16-5-3-2-4-6-16/h2-8,13H,9-12,14-15H2,1H3,(H,25,28). The Morgan fingerprint density at radius 2 is 1.77 bits per heavy atom. The zero-order valence-electron chi connectivity index (χ0n) is 17.1. The van der Waals surface area contributed by atoms with Gasteiger partial charge in [-0.25, -0.2) is 13.8 Å². The van der Waals surface area contributed by atoms with E-state index in [9.17, 15) is 13.2 Å². The highest BCUT2D eigenvalue weighted by Gasteiger charge is 2.22. The van der Waals surface area contributed by atoms with E-state index < -0.39 is 22.5 Å². The van der Waals surface area contributed by atoms with Crippen molar-refractivity contribution in [2.75, 3.05) is 30.2 Å². The molecule has 0 spiro atoms. The molecule has 7 nitrogen and oxygen atoms in total. The van der Waals surface area contributed by atoms with Crippen LogP contribution in [-0.4, -0.2) is 50.8 Å². The highest BCUT2D eigenvalue weighted by molar-refractivity contribution is 7.92. The fraction of sp³-hybridized carbons (Fsp3) is 0.333. The molecule has 0 atom stereocenters. The first kappa shape index (κ1) is 23.5. The first-order valence-electron chi connectivity index (χ1n) is 9.75. The first-order valence-corrected chi connectivity index (χ1v) is 12.4. The molecule has 1 saturated heterocycles. The van der Waals surface area contributed by atoms with Crippen LogP contribution in [0.1, 0.15) is 18.4 Å². The third-order valence-corrected chi connectivity index (χ3v) is 6.78. The van der Waals surface area contributed by atoms with Gasteiger partial charge in [-0.05, 0) is 23.8 Å². The Hall–Kier alpha value is -2.13. The van der Waals surface area contributed by atoms with Gasteiger partial charge in [0.25, 0.3) is 5.91 Å². The van der Waals surface area contributed by atoms with Crippen LogP contribution >= 0.6 is 23.2 Å². The number of piperidine rings is 1. The summed E-state index contributed by atoms with van der Waals surface area (Å²) in [6, 6.07) is 14.7. The van der Waals surface area contributed by atoms with Crippen LogP contribution in [-0.2, 0) is 21.4 Å². The van der Waals surface area contributed by atoms with Crippen molar-refractivity contribution in [2.24, 2.45) is 5.10 Å². The maximum Gasteiger partial charge on any atom is 0.260 e. The summed E-state index contributed by atoms with van der Waals surface area (Å²) in [5.74, 6) is -0.532. The molecule has 2 aromatic rings. The van der Waals surface area contributed by atoms with Gasteiger partial charge >= 0.3 is 0 Å². The van der Waals surface area contributed by atoms with Crippen molar-refractivity contribution in [3.63, 3.8) is 0 Å². The van der Waals surface area contributed by atoms with Crippen molar-refractivity contribution in [3.05, 3.63) is 64.1 Å². The lowest BCUT2D eigenvalue weighted by molar-refractivity contribution is -0.119. The number of hydrogen-bond donors (Lipinski definition) is 1. The average molecular weight is 483 g/mol. The molecule has 10 heteroatoms. The molecule has 0 aliphatic carbocycles. The summed E-state index contributed by atoms with van der Waals surface area (Å²) in [7, 11) is -3.71. The molecule has 0 radical (unpaired) electrons. The summed E-state index contributed by atoms with van der Waals surface area (Å²) < 4.78 is 25.3. The number of likely N-dealkylation sites (tertiary alicyclic amines) is 1. The van der Waals surface area contributed by atoms with Crippen molar-refractivity contribution in [2.45, 2.75) is 19.4 Å². The molecule has 31 heavy (non-hydrogen) atoms. The number of sulfonamides is 1. The molecule has 1 amide bonds. The van der Waals surface area contributed by atoms with E-state index in [0.717, 1.165) is 48.7 Å². The Bertz CT molecular complexity index is 1050. The zero-order valence-corrected chi connectivity index (χ0v) is 19.4. The van der Waals surface area contributed by atoms with Gasteiger partial charge in [-0.1, -0.05) is 53.5 Å². The number of carbonyl (C=O) groups excluding carboxylic acids is 1. The molecule has 1 aliphatic rings. The predicted molar refractivity (Wildman–Crippen MR) is 125 cm³/mol. The Labute approximate surface area is 192 Å². The largest absolute Gasteiger partial charge is 0.298 e. The van der Waals surface area contributed by atoms with E-state index in [-0.39, 0.29) is 10.7 Å². The monoisotopic (exact) mass is 482 g/mol. The van der Waals surface area contributed by atoms with Crippen LogP contribution in [0.3, 0.4) is 0 Å². The molecule has 1 heterocycles. The van der Waals surface area contributed by atoms with E-state index in [1.54, 1.807) is 0 Å². The van der Waals surface area contributed by atoms with Crippen LogP contribution in [0.5, 0.6) is 0 Å². The fourth-order valence-electron chi connectivity index (χ4n) is 3.27. The number of rotatable bonds is 7. The zero-order chi connectivity index (χ0) is 22.4. The third kappa shape index (κ3) is 6.93. The summed E-state index contributed by atoms with van der Waals surface area (Å²) in [6.45, 7) is 2.17. The molecule has 1 aliphatic heterocycles. The third-order valence-electron chi connectivity index (χ3n) is 4.90. The summed E-state index contributed by atoms with van der Waals surface area (Å²) in [6.07, 6.45) is 2.52. The molecule has 1 fully saturated rings. The van der Waals surface area contributed by atoms with Gasteiger partial charge in [0.05, 0.1) is 22.0 Å². The van der Waals surface area contributed by atoms with Crippen LogP contribution < -0.4 is 9.73 Å². The van der Waals surface area contributed by atoms with Crippen molar-refractivity contribution in [3.8, 4) is 0 Å². The highest BCUT2D eigenvalue weighted by Crippen LogP contribution is 2.28. The van der Waals surface area contributed by atoms with Gasteiger partial charge in [0.2, 0.25) is 10.0 Å². The van der Waals surface area contributed by atoms with Gasteiger partial charge in [-0.15, -0.1) is 0 Å². The van der Waals surface area contributed by atoms with E-state index in [1.165, 1.54) is 23.8 Å². The van der Waals surface area contributed by atoms with E-state index in [0.29, 0.717) is 5.02 Å². The highest BCUT2D eigenvalue weighted by atomic mass is 35.5. The number of nitrogens with one attached hydrogen (secondary N) is 1. The Balaban J connectivity index is 1.55. The Morgan fingerprint density at radius 1 is 1.10 bits per heavy atom. The maximum atomic E-state index is 12.4. The fourth-order valence-corrected chi connectivity index (χ4v) is 4.41. The van der Waals surface area contributed by atoms with E-state index >= 15 is 0 Å². The summed E-state index contributed by atoms with van der Waals surface area (Å²) >= 11 is 11.9. The first-order chi connectivity index (χ1) is 14.7. The van der Waals surface area contributed by atoms with E-state index in [2.05, 4.69) is 27.6 Å². The number of nitrogens with zero attached hydrogens (tertiary/aromatic N) is 3. The predicted octanol–water partition coefficient (Wildman–Crippen LogP) is 3.53. The molecular weight excluding hydrogens is 459 g/mol. The smallest absolute Gasteiger partial charge is 0.260 e. The number of halogens is 2. The topological polar surface area (TPSA) is 82.1 Å². The molecule has 0 unspecified atom stereocenters. The average Bonchev–Trinajstić information content (AvgIpc) is 2.73. The van der Waals surface area contributed by atoms with Crippen molar-refractivity contribution >= 4 is 50.5 Å². The van der Waals surface area contributed by atoms with E-state index in [1.807, 2.05) is 18.2 Å². The van der Waals surface area contributed by atoms with Gasteiger partial charge in [0.1, 0.15) is 6.54 Å². The van der Waals surface area contributed by atoms with Crippen LogP contribution in [0.25, 0.3) is 0 Å². The van der Waals surface area contributed by atoms with Gasteiger partial charge in [-0.2, -0.15) is 5.10 Å². The molecule has 166 valence electrons. The van der Waals surface area contributed by atoms with Crippen LogP contribution in [0.2, 0.25) is 10.0 Å². The minimum absolute atomic E-state index is 0.204. The van der Waals surface area contributed by atoms with Crippen molar-refractivity contribution < 1.29 is 13.2 Å². The van der Waals surface area contributed by atoms with E-state index in [4.69, 9.17) is 23.2 Å². The molecule has 2 aromatic carbocycles. The summed E-state index contributed by atoms with van der Waals surface area (Å²) in [4.78, 5) is 14.7. The lowest BCUT2D eigenvalue weighted by Crippen LogP contribution is -2.40. The van der Waals surface area contributed by atoms with Crippen LogP contribution in [0.4, 0.5) is 5.69 Å². The van der Waals surface area contributed by atoms with Gasteiger partial charge < -0.3 is 0 Å². The molecule has 1 N–H and O–H groups in total. The van der Waals surface area contributed by atoms with Gasteiger partial charge in [0.15, 0.2) is 0 Å². The second-order valence-corrected chi connectivity index (χ2v) is 10.1. The molecule has 0 aromatic heterocycles. The minimum Gasteiger partial charge on any atom is -0.298 e. The molecule has 0 bridgehead atoms. The second-order valence-electron chi connectivity index (χ2n) is 7.34. The number of anilines is 1. The normalized spacial score (nSPS) is 14.9.